The SMILES string of the molecule is CCC(CC)(CNC(=O)c1n[nH]c(C2CC2)n1)SC. The first kappa shape index (κ1) is 14.4. The molecule has 1 aromatic heterocycles. The Bertz CT molecular complexity index is 429. The van der Waals surface area contributed by atoms with Crippen LogP contribution >= 0.6 is 11.8 Å². The van der Waals surface area contributed by atoms with Crippen LogP contribution in [-0.2, 0) is 0 Å². The summed E-state index contributed by atoms with van der Waals surface area (Å²) in [5.41, 5.74) is 0. The van der Waals surface area contributed by atoms with E-state index in [2.05, 4.69) is 40.6 Å². The minimum absolute atomic E-state index is 0.116. The lowest BCUT2D eigenvalue weighted by molar-refractivity contribution is 0.0939. The van der Waals surface area contributed by atoms with Gasteiger partial charge in [0.1, 0.15) is 5.82 Å². The first-order valence-electron chi connectivity index (χ1n) is 6.89. The summed E-state index contributed by atoms with van der Waals surface area (Å²) < 4.78 is 0.116. The maximum atomic E-state index is 12.0. The van der Waals surface area contributed by atoms with Gasteiger partial charge in [0.25, 0.3) is 5.91 Å². The molecule has 1 aromatic rings. The number of carbonyl (C=O) groups is 1. The maximum Gasteiger partial charge on any atom is 0.291 e. The molecule has 19 heavy (non-hydrogen) atoms. The normalized spacial score (nSPS) is 15.5. The van der Waals surface area contributed by atoms with Gasteiger partial charge in [-0.2, -0.15) is 11.8 Å². The highest BCUT2D eigenvalue weighted by Crippen LogP contribution is 2.37. The molecule has 0 aliphatic heterocycles. The zero-order valence-corrected chi connectivity index (χ0v) is 12.6. The summed E-state index contributed by atoms with van der Waals surface area (Å²) in [6.45, 7) is 4.97. The lowest BCUT2D eigenvalue weighted by Crippen LogP contribution is -2.40. The Morgan fingerprint density at radius 1 is 1.47 bits per heavy atom. The van der Waals surface area contributed by atoms with Gasteiger partial charge in [-0.25, -0.2) is 4.98 Å². The van der Waals surface area contributed by atoms with Gasteiger partial charge < -0.3 is 5.32 Å². The highest BCUT2D eigenvalue weighted by Gasteiger charge is 2.29. The predicted molar refractivity (Wildman–Crippen MR) is 77.5 cm³/mol. The molecule has 5 nitrogen and oxygen atoms in total. The van der Waals surface area contributed by atoms with Gasteiger partial charge in [-0.3, -0.25) is 9.89 Å². The number of nitrogens with zero attached hydrogens (tertiary/aromatic N) is 2. The third-order valence-corrected chi connectivity index (χ3v) is 5.55. The van der Waals surface area contributed by atoms with E-state index in [0.717, 1.165) is 31.5 Å². The molecule has 0 atom stereocenters. The third kappa shape index (κ3) is 3.29. The number of aromatic nitrogens is 3. The van der Waals surface area contributed by atoms with Gasteiger partial charge >= 0.3 is 0 Å². The van der Waals surface area contributed by atoms with E-state index >= 15 is 0 Å². The van der Waals surface area contributed by atoms with E-state index in [9.17, 15) is 4.79 Å². The van der Waals surface area contributed by atoms with Crippen LogP contribution in [0.5, 0.6) is 0 Å². The Morgan fingerprint density at radius 2 is 2.16 bits per heavy atom. The van der Waals surface area contributed by atoms with Crippen LogP contribution in [0.4, 0.5) is 0 Å². The van der Waals surface area contributed by atoms with Crippen molar-refractivity contribution in [2.45, 2.75) is 50.2 Å². The van der Waals surface area contributed by atoms with Gasteiger partial charge in [-0.05, 0) is 31.9 Å². The molecule has 0 unspecified atom stereocenters. The standard InChI is InChI=1S/C13H22N4OS/c1-4-13(5-2,19-3)8-14-12(18)11-15-10(16-17-11)9-6-7-9/h9H,4-8H2,1-3H3,(H,14,18)(H,15,16,17). The van der Waals surface area contributed by atoms with Gasteiger partial charge in [-0.15, -0.1) is 5.10 Å². The number of H-pyrrole nitrogens is 1. The molecule has 1 aliphatic rings. The Hall–Kier alpha value is -1.04. The van der Waals surface area contributed by atoms with Gasteiger partial charge in [0, 0.05) is 17.2 Å². The van der Waals surface area contributed by atoms with E-state index in [1.807, 2.05) is 11.8 Å². The van der Waals surface area contributed by atoms with Crippen molar-refractivity contribution in [1.29, 1.82) is 0 Å². The number of hydrogen-bond donors (Lipinski definition) is 2. The first-order valence-corrected chi connectivity index (χ1v) is 8.12. The molecule has 6 heteroatoms. The summed E-state index contributed by atoms with van der Waals surface area (Å²) in [5, 5.41) is 9.82. The number of hydrogen-bond acceptors (Lipinski definition) is 4. The largest absolute Gasteiger partial charge is 0.348 e. The van der Waals surface area contributed by atoms with Crippen molar-refractivity contribution in [2.24, 2.45) is 0 Å². The van der Waals surface area contributed by atoms with E-state index < -0.39 is 0 Å². The molecular formula is C13H22N4OS. The number of rotatable bonds is 7. The van der Waals surface area contributed by atoms with E-state index in [1.165, 1.54) is 0 Å². The monoisotopic (exact) mass is 282 g/mol. The van der Waals surface area contributed by atoms with E-state index in [-0.39, 0.29) is 16.5 Å². The van der Waals surface area contributed by atoms with Crippen LogP contribution in [-0.4, -0.2) is 38.6 Å². The van der Waals surface area contributed by atoms with Gasteiger partial charge in [0.15, 0.2) is 0 Å². The van der Waals surface area contributed by atoms with Gasteiger partial charge in [0.2, 0.25) is 5.82 Å². The van der Waals surface area contributed by atoms with Crippen LogP contribution in [0.15, 0.2) is 0 Å². The van der Waals surface area contributed by atoms with Crippen molar-refractivity contribution in [1.82, 2.24) is 20.5 Å². The minimum Gasteiger partial charge on any atom is -0.348 e. The Balaban J connectivity index is 1.92. The minimum atomic E-state index is -0.177. The van der Waals surface area contributed by atoms with Crippen molar-refractivity contribution < 1.29 is 4.79 Å². The maximum absolute atomic E-state index is 12.0. The number of aromatic amines is 1. The van der Waals surface area contributed by atoms with Crippen LogP contribution in [0.1, 0.15) is 61.9 Å². The Morgan fingerprint density at radius 3 is 2.68 bits per heavy atom. The van der Waals surface area contributed by atoms with Crippen LogP contribution < -0.4 is 5.32 Å². The van der Waals surface area contributed by atoms with Crippen molar-refractivity contribution in [2.75, 3.05) is 12.8 Å². The Labute approximate surface area is 118 Å². The molecule has 1 heterocycles. The summed E-state index contributed by atoms with van der Waals surface area (Å²) in [6.07, 6.45) is 6.46. The predicted octanol–water partition coefficient (Wildman–Crippen LogP) is 2.33. The fourth-order valence-corrected chi connectivity index (χ4v) is 2.89. The summed E-state index contributed by atoms with van der Waals surface area (Å²) in [6, 6.07) is 0. The third-order valence-electron chi connectivity index (χ3n) is 3.96. The topological polar surface area (TPSA) is 70.7 Å². The fraction of sp³-hybridized carbons (Fsp3) is 0.769. The molecule has 106 valence electrons. The second kappa shape index (κ2) is 5.94. The molecule has 0 bridgehead atoms. The highest BCUT2D eigenvalue weighted by atomic mass is 32.2. The number of carbonyl (C=O) groups excluding carboxylic acids is 1. The van der Waals surface area contributed by atoms with E-state index in [0.29, 0.717) is 12.5 Å². The summed E-state index contributed by atoms with van der Waals surface area (Å²) >= 11 is 1.81. The molecule has 2 N–H and O–H groups in total. The summed E-state index contributed by atoms with van der Waals surface area (Å²) in [7, 11) is 0. The van der Waals surface area contributed by atoms with Gasteiger partial charge in [-0.1, -0.05) is 13.8 Å². The number of thioether (sulfide) groups is 1. The molecule has 0 saturated heterocycles. The molecule has 1 amide bonds. The van der Waals surface area contributed by atoms with Crippen LogP contribution in [0.3, 0.4) is 0 Å². The van der Waals surface area contributed by atoms with Crippen LogP contribution in [0, 0.1) is 0 Å². The second-order valence-electron chi connectivity index (χ2n) is 5.10. The summed E-state index contributed by atoms with van der Waals surface area (Å²) in [4.78, 5) is 16.3. The second-order valence-corrected chi connectivity index (χ2v) is 6.37. The first-order chi connectivity index (χ1) is 9.14. The number of amides is 1. The van der Waals surface area contributed by atoms with Crippen molar-refractivity contribution in [3.63, 3.8) is 0 Å². The molecule has 1 aliphatic carbocycles. The summed E-state index contributed by atoms with van der Waals surface area (Å²) in [5.74, 6) is 1.44. The van der Waals surface area contributed by atoms with Crippen LogP contribution in [0.25, 0.3) is 0 Å². The smallest absolute Gasteiger partial charge is 0.291 e. The molecule has 0 aromatic carbocycles. The average molecular weight is 282 g/mol. The van der Waals surface area contributed by atoms with Crippen molar-refractivity contribution in [3.8, 4) is 0 Å². The quantitative estimate of drug-likeness (QED) is 0.805. The van der Waals surface area contributed by atoms with Gasteiger partial charge in [0.05, 0.1) is 0 Å². The van der Waals surface area contributed by atoms with Crippen molar-refractivity contribution >= 4 is 17.7 Å². The lowest BCUT2D eigenvalue weighted by Gasteiger charge is -2.29. The Kier molecular flexibility index (Phi) is 4.50. The zero-order valence-electron chi connectivity index (χ0n) is 11.8. The van der Waals surface area contributed by atoms with Crippen LogP contribution in [0.2, 0.25) is 0 Å². The molecule has 1 saturated carbocycles. The van der Waals surface area contributed by atoms with E-state index in [4.69, 9.17) is 0 Å². The highest BCUT2D eigenvalue weighted by molar-refractivity contribution is 8.00. The molecule has 1 fully saturated rings. The molecule has 2 rings (SSSR count). The molecular weight excluding hydrogens is 260 g/mol. The van der Waals surface area contributed by atoms with Crippen molar-refractivity contribution in [3.05, 3.63) is 11.6 Å². The molecule has 0 spiro atoms. The number of nitrogens with one attached hydrogen (secondary N) is 2. The average Bonchev–Trinajstić information content (AvgIpc) is 3.18. The fourth-order valence-electron chi connectivity index (χ4n) is 2.10. The zero-order chi connectivity index (χ0) is 13.9. The molecule has 0 radical (unpaired) electrons. The van der Waals surface area contributed by atoms with E-state index in [1.54, 1.807) is 0 Å². The lowest BCUT2D eigenvalue weighted by atomic mass is 10.0.